The molecule has 1 atom stereocenters. The highest BCUT2D eigenvalue weighted by atomic mass is 16.5. The molecule has 2 saturated heterocycles. The van der Waals surface area contributed by atoms with Crippen LogP contribution in [-0.2, 0) is 4.74 Å². The van der Waals surface area contributed by atoms with Crippen LogP contribution in [0.2, 0.25) is 0 Å². The summed E-state index contributed by atoms with van der Waals surface area (Å²) < 4.78 is 5.46. The Kier molecular flexibility index (Phi) is 5.75. The standard InChI is InChI=1S/C14H28N2O/c1-15-12-14(16-7-3-2-4-8-16)11-13-5-9-17-10-6-13/h13-15H,2-12H2,1H3. The molecular weight excluding hydrogens is 212 g/mol. The largest absolute Gasteiger partial charge is 0.381 e. The molecule has 17 heavy (non-hydrogen) atoms. The van der Waals surface area contributed by atoms with E-state index >= 15 is 0 Å². The van der Waals surface area contributed by atoms with Gasteiger partial charge >= 0.3 is 0 Å². The molecule has 0 saturated carbocycles. The fourth-order valence-electron chi connectivity index (χ4n) is 3.25. The molecule has 1 N–H and O–H groups in total. The number of hydrogen-bond donors (Lipinski definition) is 1. The molecule has 0 aromatic rings. The summed E-state index contributed by atoms with van der Waals surface area (Å²) in [6.07, 6.45) is 8.13. The first-order valence-corrected chi connectivity index (χ1v) is 7.36. The smallest absolute Gasteiger partial charge is 0.0468 e. The van der Waals surface area contributed by atoms with Gasteiger partial charge in [-0.15, -0.1) is 0 Å². The van der Waals surface area contributed by atoms with Gasteiger partial charge in [0.25, 0.3) is 0 Å². The van der Waals surface area contributed by atoms with Crippen LogP contribution in [0.25, 0.3) is 0 Å². The second-order valence-electron chi connectivity index (χ2n) is 5.60. The molecule has 2 fully saturated rings. The van der Waals surface area contributed by atoms with Gasteiger partial charge in [0.15, 0.2) is 0 Å². The average molecular weight is 240 g/mol. The van der Waals surface area contributed by atoms with Crippen molar-refractivity contribution in [2.75, 3.05) is 39.9 Å². The van der Waals surface area contributed by atoms with Crippen molar-refractivity contribution in [1.82, 2.24) is 10.2 Å². The number of ether oxygens (including phenoxy) is 1. The molecule has 0 aromatic heterocycles. The molecule has 3 nitrogen and oxygen atoms in total. The highest BCUT2D eigenvalue weighted by Crippen LogP contribution is 2.24. The number of likely N-dealkylation sites (N-methyl/N-ethyl adjacent to an activating group) is 1. The van der Waals surface area contributed by atoms with Gasteiger partial charge in [0.1, 0.15) is 0 Å². The van der Waals surface area contributed by atoms with Gasteiger partial charge in [0.2, 0.25) is 0 Å². The van der Waals surface area contributed by atoms with Crippen molar-refractivity contribution < 1.29 is 4.74 Å². The van der Waals surface area contributed by atoms with Gasteiger partial charge in [-0.3, -0.25) is 4.90 Å². The Morgan fingerprint density at radius 1 is 1.18 bits per heavy atom. The highest BCUT2D eigenvalue weighted by Gasteiger charge is 2.24. The summed E-state index contributed by atoms with van der Waals surface area (Å²) in [7, 11) is 2.08. The fourth-order valence-corrected chi connectivity index (χ4v) is 3.25. The molecule has 2 aliphatic rings. The first kappa shape index (κ1) is 13.3. The molecule has 0 aliphatic carbocycles. The SMILES string of the molecule is CNCC(CC1CCOCC1)N1CCCCC1. The van der Waals surface area contributed by atoms with Gasteiger partial charge in [-0.25, -0.2) is 0 Å². The second-order valence-corrected chi connectivity index (χ2v) is 5.60. The lowest BCUT2D eigenvalue weighted by molar-refractivity contribution is 0.0484. The summed E-state index contributed by atoms with van der Waals surface area (Å²) in [5.74, 6) is 0.893. The summed E-state index contributed by atoms with van der Waals surface area (Å²) >= 11 is 0. The molecule has 2 heterocycles. The lowest BCUT2D eigenvalue weighted by atomic mass is 9.91. The van der Waals surface area contributed by atoms with Crippen molar-refractivity contribution in [2.24, 2.45) is 5.92 Å². The summed E-state index contributed by atoms with van der Waals surface area (Å²) in [6, 6.07) is 0.753. The first-order chi connectivity index (χ1) is 8.40. The number of piperidine rings is 1. The highest BCUT2D eigenvalue weighted by molar-refractivity contribution is 4.80. The minimum Gasteiger partial charge on any atom is -0.381 e. The third kappa shape index (κ3) is 4.23. The maximum absolute atomic E-state index is 5.46. The minimum atomic E-state index is 0.753. The van der Waals surface area contributed by atoms with Crippen molar-refractivity contribution in [1.29, 1.82) is 0 Å². The van der Waals surface area contributed by atoms with Gasteiger partial charge in [-0.1, -0.05) is 6.42 Å². The molecule has 0 amide bonds. The Bertz CT molecular complexity index is 198. The quantitative estimate of drug-likeness (QED) is 0.794. The zero-order valence-electron chi connectivity index (χ0n) is 11.3. The predicted octanol–water partition coefficient (Wildman–Crippen LogP) is 1.88. The topological polar surface area (TPSA) is 24.5 Å². The Balaban J connectivity index is 1.81. The summed E-state index contributed by atoms with van der Waals surface area (Å²) in [6.45, 7) is 5.75. The molecule has 2 aliphatic heterocycles. The Hall–Kier alpha value is -0.120. The molecule has 100 valence electrons. The molecular formula is C14H28N2O. The van der Waals surface area contributed by atoms with Gasteiger partial charge in [0.05, 0.1) is 0 Å². The summed E-state index contributed by atoms with van der Waals surface area (Å²) in [5, 5.41) is 3.38. The summed E-state index contributed by atoms with van der Waals surface area (Å²) in [5.41, 5.74) is 0. The normalized spacial score (nSPS) is 25.9. The fraction of sp³-hybridized carbons (Fsp3) is 1.00. The van der Waals surface area contributed by atoms with Crippen LogP contribution in [0.5, 0.6) is 0 Å². The Labute approximate surface area is 106 Å². The van der Waals surface area contributed by atoms with E-state index in [0.29, 0.717) is 0 Å². The predicted molar refractivity (Wildman–Crippen MR) is 71.3 cm³/mol. The van der Waals surface area contributed by atoms with Crippen LogP contribution in [0.1, 0.15) is 38.5 Å². The number of rotatable bonds is 5. The third-order valence-corrected chi connectivity index (χ3v) is 4.29. The molecule has 0 spiro atoms. The molecule has 1 unspecified atom stereocenters. The Morgan fingerprint density at radius 3 is 2.53 bits per heavy atom. The van der Waals surface area contributed by atoms with E-state index in [1.165, 1.54) is 51.6 Å². The van der Waals surface area contributed by atoms with Crippen LogP contribution in [-0.4, -0.2) is 50.8 Å². The van der Waals surface area contributed by atoms with Gasteiger partial charge in [-0.2, -0.15) is 0 Å². The van der Waals surface area contributed by atoms with Crippen molar-refractivity contribution in [3.05, 3.63) is 0 Å². The van der Waals surface area contributed by atoms with Crippen LogP contribution < -0.4 is 5.32 Å². The number of nitrogens with zero attached hydrogens (tertiary/aromatic N) is 1. The van der Waals surface area contributed by atoms with E-state index in [1.54, 1.807) is 0 Å². The van der Waals surface area contributed by atoms with Crippen LogP contribution in [0.3, 0.4) is 0 Å². The Morgan fingerprint density at radius 2 is 1.88 bits per heavy atom. The van der Waals surface area contributed by atoms with Crippen LogP contribution in [0.15, 0.2) is 0 Å². The summed E-state index contributed by atoms with van der Waals surface area (Å²) in [4.78, 5) is 2.72. The zero-order chi connectivity index (χ0) is 11.9. The molecule has 2 rings (SSSR count). The number of nitrogens with one attached hydrogen (secondary N) is 1. The number of hydrogen-bond acceptors (Lipinski definition) is 3. The maximum atomic E-state index is 5.46. The lowest BCUT2D eigenvalue weighted by Gasteiger charge is -2.37. The van der Waals surface area contributed by atoms with E-state index in [0.717, 1.165) is 31.7 Å². The van der Waals surface area contributed by atoms with Gasteiger partial charge < -0.3 is 10.1 Å². The van der Waals surface area contributed by atoms with E-state index in [-0.39, 0.29) is 0 Å². The molecule has 3 heteroatoms. The van der Waals surface area contributed by atoms with Crippen molar-refractivity contribution in [3.63, 3.8) is 0 Å². The minimum absolute atomic E-state index is 0.753. The third-order valence-electron chi connectivity index (χ3n) is 4.29. The maximum Gasteiger partial charge on any atom is 0.0468 e. The van der Waals surface area contributed by atoms with E-state index in [1.807, 2.05) is 0 Å². The average Bonchev–Trinajstić information content (AvgIpc) is 2.40. The van der Waals surface area contributed by atoms with Gasteiger partial charge in [-0.05, 0) is 58.2 Å². The van der Waals surface area contributed by atoms with Crippen LogP contribution >= 0.6 is 0 Å². The van der Waals surface area contributed by atoms with Gasteiger partial charge in [0, 0.05) is 25.8 Å². The van der Waals surface area contributed by atoms with E-state index in [2.05, 4.69) is 17.3 Å². The molecule has 0 radical (unpaired) electrons. The lowest BCUT2D eigenvalue weighted by Crippen LogP contribution is -2.45. The zero-order valence-corrected chi connectivity index (χ0v) is 11.3. The van der Waals surface area contributed by atoms with Crippen LogP contribution in [0.4, 0.5) is 0 Å². The van der Waals surface area contributed by atoms with Crippen molar-refractivity contribution in [3.8, 4) is 0 Å². The first-order valence-electron chi connectivity index (χ1n) is 7.36. The van der Waals surface area contributed by atoms with Crippen molar-refractivity contribution >= 4 is 0 Å². The van der Waals surface area contributed by atoms with E-state index in [4.69, 9.17) is 4.74 Å². The number of likely N-dealkylation sites (tertiary alicyclic amines) is 1. The molecule has 0 aromatic carbocycles. The van der Waals surface area contributed by atoms with E-state index < -0.39 is 0 Å². The molecule has 0 bridgehead atoms. The monoisotopic (exact) mass is 240 g/mol. The van der Waals surface area contributed by atoms with Crippen LogP contribution in [0, 0.1) is 5.92 Å². The second kappa shape index (κ2) is 7.34. The van der Waals surface area contributed by atoms with E-state index in [9.17, 15) is 0 Å². The van der Waals surface area contributed by atoms with Crippen molar-refractivity contribution in [2.45, 2.75) is 44.6 Å².